The van der Waals surface area contributed by atoms with Gasteiger partial charge < -0.3 is 5.32 Å². The number of hydrogen-bond acceptors (Lipinski definition) is 3. The highest BCUT2D eigenvalue weighted by Gasteiger charge is 2.16. The Labute approximate surface area is 103 Å². The number of anilines is 1. The Morgan fingerprint density at radius 2 is 1.83 bits per heavy atom. The summed E-state index contributed by atoms with van der Waals surface area (Å²) in [7, 11) is 0. The fraction of sp³-hybridized carbons (Fsp3) is 0.0769. The maximum absolute atomic E-state index is 13.7. The molecule has 0 aliphatic carbocycles. The Bertz CT molecular complexity index is 558. The molecule has 0 amide bonds. The van der Waals surface area contributed by atoms with Gasteiger partial charge >= 0.3 is 5.69 Å². The lowest BCUT2D eigenvalue weighted by Crippen LogP contribution is -2.03. The van der Waals surface area contributed by atoms with Gasteiger partial charge in [0.2, 0.25) is 5.82 Å². The quantitative estimate of drug-likeness (QED) is 0.664. The van der Waals surface area contributed by atoms with Crippen molar-refractivity contribution in [2.24, 2.45) is 0 Å². The molecule has 1 N–H and O–H groups in total. The summed E-state index contributed by atoms with van der Waals surface area (Å²) in [6.45, 7) is 0.206. The van der Waals surface area contributed by atoms with E-state index in [-0.39, 0.29) is 12.1 Å². The van der Waals surface area contributed by atoms with Crippen LogP contribution in [0.5, 0.6) is 0 Å². The number of nitro groups is 1. The fourth-order valence-electron chi connectivity index (χ4n) is 1.60. The van der Waals surface area contributed by atoms with Crippen LogP contribution in [0.25, 0.3) is 0 Å². The van der Waals surface area contributed by atoms with E-state index in [1.54, 1.807) is 0 Å². The third kappa shape index (κ3) is 2.63. The maximum Gasteiger partial charge on any atom is 0.305 e. The normalized spacial score (nSPS) is 10.1. The summed E-state index contributed by atoms with van der Waals surface area (Å²) in [6.07, 6.45) is 0. The highest BCUT2D eigenvalue weighted by atomic mass is 19.1. The van der Waals surface area contributed by atoms with Crippen molar-refractivity contribution >= 4 is 11.4 Å². The summed E-state index contributed by atoms with van der Waals surface area (Å²) in [5.41, 5.74) is 0.610. The van der Waals surface area contributed by atoms with Crippen LogP contribution in [0.15, 0.2) is 48.5 Å². The van der Waals surface area contributed by atoms with E-state index in [2.05, 4.69) is 5.32 Å². The molecule has 18 heavy (non-hydrogen) atoms. The van der Waals surface area contributed by atoms with E-state index in [0.717, 1.165) is 11.8 Å². The molecule has 2 rings (SSSR count). The molecule has 2 aromatic carbocycles. The van der Waals surface area contributed by atoms with Gasteiger partial charge in [0.25, 0.3) is 0 Å². The van der Waals surface area contributed by atoms with Crippen LogP contribution in [0.2, 0.25) is 0 Å². The Balaban J connectivity index is 2.15. The molecule has 2 aromatic rings. The van der Waals surface area contributed by atoms with Crippen LogP contribution in [0, 0.1) is 15.9 Å². The number of benzene rings is 2. The molecule has 0 atom stereocenters. The van der Waals surface area contributed by atoms with Gasteiger partial charge in [-0.1, -0.05) is 30.3 Å². The zero-order valence-electron chi connectivity index (χ0n) is 9.47. The average molecular weight is 246 g/mol. The molecule has 0 fully saturated rings. The minimum absolute atomic E-state index is 0.206. The molecule has 0 aliphatic heterocycles. The average Bonchev–Trinajstić information content (AvgIpc) is 2.38. The monoisotopic (exact) mass is 246 g/mol. The Morgan fingerprint density at radius 3 is 2.50 bits per heavy atom. The molecular weight excluding hydrogens is 235 g/mol. The van der Waals surface area contributed by atoms with Gasteiger partial charge in [-0.2, -0.15) is 4.39 Å². The second kappa shape index (κ2) is 5.27. The fourth-order valence-corrected chi connectivity index (χ4v) is 1.60. The lowest BCUT2D eigenvalue weighted by Gasteiger charge is -2.07. The molecular formula is C13H11FN2O2. The van der Waals surface area contributed by atoms with Gasteiger partial charge in [-0.3, -0.25) is 10.1 Å². The first-order valence-electron chi connectivity index (χ1n) is 5.39. The molecule has 5 heteroatoms. The summed E-state index contributed by atoms with van der Waals surface area (Å²) < 4.78 is 13.7. The van der Waals surface area contributed by atoms with E-state index in [0.29, 0.717) is 0 Å². The molecule has 0 heterocycles. The number of halogens is 1. The molecule has 0 radical (unpaired) electrons. The standard InChI is InChI=1S/C13H11FN2O2/c14-13-10(5-4-8-12(13)16(17)18)9-15-11-6-2-1-3-7-11/h1-8,15H,9H2. The van der Waals surface area contributed by atoms with Gasteiger partial charge in [-0.05, 0) is 12.1 Å². The minimum Gasteiger partial charge on any atom is -0.381 e. The second-order valence-electron chi connectivity index (χ2n) is 3.73. The van der Waals surface area contributed by atoms with Crippen molar-refractivity contribution in [2.45, 2.75) is 6.54 Å². The smallest absolute Gasteiger partial charge is 0.305 e. The number of para-hydroxylation sites is 1. The van der Waals surface area contributed by atoms with Gasteiger partial charge in [0.15, 0.2) is 0 Å². The third-order valence-corrected chi connectivity index (χ3v) is 2.51. The highest BCUT2D eigenvalue weighted by Crippen LogP contribution is 2.21. The van der Waals surface area contributed by atoms with Crippen molar-refractivity contribution in [1.29, 1.82) is 0 Å². The first-order valence-corrected chi connectivity index (χ1v) is 5.39. The summed E-state index contributed by atoms with van der Waals surface area (Å²) in [6, 6.07) is 13.4. The van der Waals surface area contributed by atoms with Crippen LogP contribution in [-0.4, -0.2) is 4.92 Å². The van der Waals surface area contributed by atoms with Crippen LogP contribution >= 0.6 is 0 Å². The molecule has 0 saturated carbocycles. The first-order chi connectivity index (χ1) is 8.68. The lowest BCUT2D eigenvalue weighted by molar-refractivity contribution is -0.387. The van der Waals surface area contributed by atoms with Crippen molar-refractivity contribution in [3.63, 3.8) is 0 Å². The Morgan fingerprint density at radius 1 is 1.11 bits per heavy atom. The van der Waals surface area contributed by atoms with E-state index < -0.39 is 16.4 Å². The molecule has 0 unspecified atom stereocenters. The summed E-state index contributed by atoms with van der Waals surface area (Å²) >= 11 is 0. The molecule has 4 nitrogen and oxygen atoms in total. The van der Waals surface area contributed by atoms with Crippen LogP contribution in [0.1, 0.15) is 5.56 Å². The zero-order chi connectivity index (χ0) is 13.0. The maximum atomic E-state index is 13.7. The van der Waals surface area contributed by atoms with Crippen molar-refractivity contribution in [3.8, 4) is 0 Å². The zero-order valence-corrected chi connectivity index (χ0v) is 9.47. The third-order valence-electron chi connectivity index (χ3n) is 2.51. The molecule has 0 aliphatic rings. The SMILES string of the molecule is O=[N+]([O-])c1cccc(CNc2ccccc2)c1F. The Kier molecular flexibility index (Phi) is 3.52. The Hall–Kier alpha value is -2.43. The molecule has 0 bridgehead atoms. The van der Waals surface area contributed by atoms with Gasteiger partial charge in [0.1, 0.15) is 0 Å². The van der Waals surface area contributed by atoms with E-state index in [1.165, 1.54) is 12.1 Å². The van der Waals surface area contributed by atoms with Crippen molar-refractivity contribution < 1.29 is 9.31 Å². The van der Waals surface area contributed by atoms with Gasteiger partial charge in [0, 0.05) is 23.9 Å². The second-order valence-corrected chi connectivity index (χ2v) is 3.73. The number of nitrogens with zero attached hydrogens (tertiary/aromatic N) is 1. The van der Waals surface area contributed by atoms with Gasteiger partial charge in [0.05, 0.1) is 4.92 Å². The molecule has 92 valence electrons. The van der Waals surface area contributed by atoms with Crippen LogP contribution in [0.3, 0.4) is 0 Å². The number of nitro benzene ring substituents is 1. The van der Waals surface area contributed by atoms with Crippen molar-refractivity contribution in [1.82, 2.24) is 0 Å². The summed E-state index contributed by atoms with van der Waals surface area (Å²) in [4.78, 5) is 9.87. The van der Waals surface area contributed by atoms with Crippen LogP contribution in [-0.2, 0) is 6.54 Å². The van der Waals surface area contributed by atoms with Crippen molar-refractivity contribution in [3.05, 3.63) is 70.0 Å². The van der Waals surface area contributed by atoms with Crippen LogP contribution in [0.4, 0.5) is 15.8 Å². The highest BCUT2D eigenvalue weighted by molar-refractivity contribution is 5.44. The van der Waals surface area contributed by atoms with Crippen LogP contribution < -0.4 is 5.32 Å². The first kappa shape index (κ1) is 12.0. The summed E-state index contributed by atoms with van der Waals surface area (Å²) in [5, 5.41) is 13.6. The molecule has 0 saturated heterocycles. The lowest BCUT2D eigenvalue weighted by atomic mass is 10.2. The predicted octanol–water partition coefficient (Wildman–Crippen LogP) is 3.35. The molecule has 0 aromatic heterocycles. The van der Waals surface area contributed by atoms with E-state index in [1.807, 2.05) is 30.3 Å². The number of hydrogen-bond donors (Lipinski definition) is 1. The number of nitrogens with one attached hydrogen (secondary N) is 1. The van der Waals surface area contributed by atoms with Gasteiger partial charge in [-0.25, -0.2) is 0 Å². The van der Waals surface area contributed by atoms with Crippen molar-refractivity contribution in [2.75, 3.05) is 5.32 Å². The summed E-state index contributed by atoms with van der Waals surface area (Å²) in [5.74, 6) is -0.786. The number of rotatable bonds is 4. The topological polar surface area (TPSA) is 55.2 Å². The predicted molar refractivity (Wildman–Crippen MR) is 66.8 cm³/mol. The van der Waals surface area contributed by atoms with E-state index in [4.69, 9.17) is 0 Å². The van der Waals surface area contributed by atoms with Gasteiger partial charge in [-0.15, -0.1) is 0 Å². The van der Waals surface area contributed by atoms with E-state index >= 15 is 0 Å². The largest absolute Gasteiger partial charge is 0.381 e. The van der Waals surface area contributed by atoms with E-state index in [9.17, 15) is 14.5 Å². The molecule has 0 spiro atoms. The minimum atomic E-state index is -0.786.